The number of hydrogen-bond donors (Lipinski definition) is 1. The minimum Gasteiger partial charge on any atom is -0.619 e. The lowest BCUT2D eigenvalue weighted by molar-refractivity contribution is -0.605. The van der Waals surface area contributed by atoms with Crippen molar-refractivity contribution in [3.05, 3.63) is 57.0 Å². The predicted octanol–water partition coefficient (Wildman–Crippen LogP) is 5.02. The third kappa shape index (κ3) is 7.46. The van der Waals surface area contributed by atoms with Crippen LogP contribution in [0.15, 0.2) is 30.6 Å². The summed E-state index contributed by atoms with van der Waals surface area (Å²) >= 11 is 12.5. The van der Waals surface area contributed by atoms with E-state index < -0.39 is 24.7 Å². The second-order valence-electron chi connectivity index (χ2n) is 8.41. The predicted molar refractivity (Wildman–Crippen MR) is 128 cm³/mol. The van der Waals surface area contributed by atoms with Gasteiger partial charge in [-0.25, -0.2) is 0 Å². The third-order valence-electron chi connectivity index (χ3n) is 5.78. The van der Waals surface area contributed by atoms with Gasteiger partial charge in [-0.1, -0.05) is 29.3 Å². The summed E-state index contributed by atoms with van der Waals surface area (Å²) in [5.41, 5.74) is 0.908. The van der Waals surface area contributed by atoms with Crippen molar-refractivity contribution in [3.8, 4) is 11.5 Å². The molecule has 192 valence electrons. The van der Waals surface area contributed by atoms with E-state index in [-0.39, 0.29) is 40.4 Å². The lowest BCUT2D eigenvalue weighted by Gasteiger charge is -2.23. The molecule has 12 heteroatoms. The Labute approximate surface area is 217 Å². The lowest BCUT2D eigenvalue weighted by atomic mass is 10.0. The quantitative estimate of drug-likeness (QED) is 0.253. The van der Waals surface area contributed by atoms with Crippen LogP contribution < -0.4 is 19.5 Å². The van der Waals surface area contributed by atoms with Crippen LogP contribution in [0.4, 0.5) is 8.78 Å². The molecule has 1 N–H and O–H groups in total. The van der Waals surface area contributed by atoms with Gasteiger partial charge in [-0.3, -0.25) is 4.79 Å². The molecular formula is C23H25Cl3F2N2O5. The van der Waals surface area contributed by atoms with Crippen LogP contribution in [0.1, 0.15) is 42.9 Å². The number of nitrogens with zero attached hydrogens (tertiary/aromatic N) is 1. The fraction of sp³-hybridized carbons (Fsp3) is 0.478. The summed E-state index contributed by atoms with van der Waals surface area (Å²) < 4.78 is 42.5. The van der Waals surface area contributed by atoms with Gasteiger partial charge in [0.15, 0.2) is 23.9 Å². The average molecular weight is 554 g/mol. The van der Waals surface area contributed by atoms with Gasteiger partial charge in [0.2, 0.25) is 0 Å². The highest BCUT2D eigenvalue weighted by atomic mass is 35.5. The zero-order valence-electron chi connectivity index (χ0n) is 18.6. The number of alkyl halides is 2. The number of nitrogens with one attached hydrogen (secondary N) is 1. The molecule has 1 aromatic carbocycles. The van der Waals surface area contributed by atoms with Gasteiger partial charge >= 0.3 is 12.6 Å². The zero-order chi connectivity index (χ0) is 24.2. The third-order valence-corrected chi connectivity index (χ3v) is 6.43. The monoisotopic (exact) mass is 552 g/mol. The number of pyridine rings is 1. The molecule has 1 aliphatic carbocycles. The van der Waals surface area contributed by atoms with Crippen LogP contribution in [0.2, 0.25) is 10.0 Å². The standard InChI is InChI=1S/C23H24Cl2F2N2O5.ClH/c24-16-10-29(31)11-17(25)15(16)9-20(33-22(30)18-2-1-7-28-18)14-5-6-19(34-23(26)27)21(8-14)32-12-13-3-4-13;/h5-6,8,10-11,13,18,20,23,28H,1-4,7,9,12H2;1H/t18-,20-;/m0./s1. The molecule has 1 aliphatic heterocycles. The summed E-state index contributed by atoms with van der Waals surface area (Å²) in [4.78, 5) is 12.8. The van der Waals surface area contributed by atoms with Gasteiger partial charge in [0.05, 0.1) is 6.61 Å². The first-order valence-electron chi connectivity index (χ1n) is 11.0. The van der Waals surface area contributed by atoms with Crippen LogP contribution in [0.25, 0.3) is 0 Å². The fourth-order valence-corrected chi connectivity index (χ4v) is 4.37. The van der Waals surface area contributed by atoms with Crippen molar-refractivity contribution < 1.29 is 32.5 Å². The number of aromatic nitrogens is 1. The molecule has 2 atom stereocenters. The van der Waals surface area contributed by atoms with E-state index in [1.807, 2.05) is 0 Å². The summed E-state index contributed by atoms with van der Waals surface area (Å²) in [5, 5.41) is 15.0. The van der Waals surface area contributed by atoms with Crippen LogP contribution in [-0.2, 0) is 16.0 Å². The molecule has 2 aromatic rings. The number of hydrogen-bond acceptors (Lipinski definition) is 6. The number of rotatable bonds is 10. The Hall–Kier alpha value is -2.07. The highest BCUT2D eigenvalue weighted by molar-refractivity contribution is 6.35. The Balaban J connectivity index is 0.00000342. The Kier molecular flexibility index (Phi) is 9.63. The number of benzene rings is 1. The van der Waals surface area contributed by atoms with Crippen molar-refractivity contribution in [2.75, 3.05) is 13.2 Å². The van der Waals surface area contributed by atoms with Gasteiger partial charge in [-0.15, -0.1) is 12.4 Å². The first-order valence-corrected chi connectivity index (χ1v) is 11.8. The summed E-state index contributed by atoms with van der Waals surface area (Å²) in [6.07, 6.45) is 5.04. The van der Waals surface area contributed by atoms with E-state index >= 15 is 0 Å². The number of esters is 1. The second kappa shape index (κ2) is 12.3. The first-order chi connectivity index (χ1) is 16.3. The molecule has 2 fully saturated rings. The largest absolute Gasteiger partial charge is 0.619 e. The molecule has 0 amide bonds. The van der Waals surface area contributed by atoms with Crippen LogP contribution in [0.5, 0.6) is 11.5 Å². The van der Waals surface area contributed by atoms with Gasteiger partial charge in [-0.05, 0) is 55.8 Å². The van der Waals surface area contributed by atoms with E-state index in [1.54, 1.807) is 0 Å². The summed E-state index contributed by atoms with van der Waals surface area (Å²) in [6.45, 7) is -1.93. The van der Waals surface area contributed by atoms with Crippen molar-refractivity contribution in [3.63, 3.8) is 0 Å². The maximum Gasteiger partial charge on any atom is 0.387 e. The first kappa shape index (κ1) is 27.5. The van der Waals surface area contributed by atoms with E-state index in [0.717, 1.165) is 31.7 Å². The van der Waals surface area contributed by atoms with E-state index in [1.165, 1.54) is 18.2 Å². The molecule has 1 saturated carbocycles. The average Bonchev–Trinajstić information content (AvgIpc) is 3.44. The molecule has 4 rings (SSSR count). The lowest BCUT2D eigenvalue weighted by Crippen LogP contribution is -2.33. The topological polar surface area (TPSA) is 83.7 Å². The van der Waals surface area contributed by atoms with Crippen molar-refractivity contribution in [2.45, 2.75) is 50.9 Å². The minimum absolute atomic E-state index is 0. The molecular weight excluding hydrogens is 529 g/mol. The Morgan fingerprint density at radius 1 is 1.17 bits per heavy atom. The second-order valence-corrected chi connectivity index (χ2v) is 9.22. The Morgan fingerprint density at radius 2 is 1.89 bits per heavy atom. The molecule has 35 heavy (non-hydrogen) atoms. The smallest absolute Gasteiger partial charge is 0.387 e. The summed E-state index contributed by atoms with van der Waals surface area (Å²) in [5.74, 6) is -0.0405. The molecule has 7 nitrogen and oxygen atoms in total. The Bertz CT molecular complexity index is 1010. The molecule has 1 saturated heterocycles. The SMILES string of the molecule is Cl.O=C(O[C@@H](Cc1c(Cl)c[n+]([O-])cc1Cl)c1ccc(OC(F)F)c(OCC2CC2)c1)[C@@H]1CCCN1. The molecule has 0 bridgehead atoms. The van der Waals surface area contributed by atoms with Gasteiger partial charge in [-0.2, -0.15) is 13.5 Å². The number of ether oxygens (including phenoxy) is 3. The minimum atomic E-state index is -3.02. The van der Waals surface area contributed by atoms with Crippen molar-refractivity contribution in [1.82, 2.24) is 5.32 Å². The molecule has 1 aromatic heterocycles. The summed E-state index contributed by atoms with van der Waals surface area (Å²) in [7, 11) is 0. The van der Waals surface area contributed by atoms with E-state index in [4.69, 9.17) is 32.7 Å². The molecule has 0 radical (unpaired) electrons. The Morgan fingerprint density at radius 3 is 2.49 bits per heavy atom. The van der Waals surface area contributed by atoms with E-state index in [9.17, 15) is 18.8 Å². The normalized spacial score (nSPS) is 18.1. The molecule has 2 aliphatic rings. The number of carbonyl (C=O) groups excluding carboxylic acids is 1. The zero-order valence-corrected chi connectivity index (χ0v) is 20.9. The molecule has 2 heterocycles. The van der Waals surface area contributed by atoms with Crippen molar-refractivity contribution >= 4 is 41.6 Å². The van der Waals surface area contributed by atoms with E-state index in [2.05, 4.69) is 10.1 Å². The van der Waals surface area contributed by atoms with E-state index in [0.29, 0.717) is 41.3 Å². The van der Waals surface area contributed by atoms with Crippen LogP contribution in [0.3, 0.4) is 0 Å². The number of carbonyl (C=O) groups is 1. The van der Waals surface area contributed by atoms with Gasteiger partial charge in [0, 0.05) is 12.0 Å². The van der Waals surface area contributed by atoms with Crippen LogP contribution in [-0.4, -0.2) is 31.8 Å². The fourth-order valence-electron chi connectivity index (χ4n) is 3.77. The van der Waals surface area contributed by atoms with Crippen molar-refractivity contribution in [1.29, 1.82) is 0 Å². The molecule has 0 spiro atoms. The number of halogens is 5. The molecule has 0 unspecified atom stereocenters. The van der Waals surface area contributed by atoms with Crippen LogP contribution >= 0.6 is 35.6 Å². The van der Waals surface area contributed by atoms with Crippen LogP contribution in [0, 0.1) is 11.1 Å². The van der Waals surface area contributed by atoms with Gasteiger partial charge in [0.1, 0.15) is 22.2 Å². The highest BCUT2D eigenvalue weighted by Crippen LogP contribution is 2.38. The maximum atomic E-state index is 12.9. The maximum absolute atomic E-state index is 12.9. The van der Waals surface area contributed by atoms with Gasteiger partial charge < -0.3 is 24.7 Å². The van der Waals surface area contributed by atoms with Gasteiger partial charge in [0.25, 0.3) is 0 Å². The summed E-state index contributed by atoms with van der Waals surface area (Å²) in [6, 6.07) is 3.97. The van der Waals surface area contributed by atoms with Crippen molar-refractivity contribution in [2.24, 2.45) is 5.92 Å². The highest BCUT2D eigenvalue weighted by Gasteiger charge is 2.30.